The molecule has 0 aliphatic carbocycles. The first-order valence-corrected chi connectivity index (χ1v) is 5.92. The van der Waals surface area contributed by atoms with Crippen LogP contribution in [0.2, 0.25) is 5.02 Å². The zero-order valence-corrected chi connectivity index (χ0v) is 11.2. The summed E-state index contributed by atoms with van der Waals surface area (Å²) < 4.78 is 0. The van der Waals surface area contributed by atoms with E-state index in [2.05, 4.69) is 25.8 Å². The van der Waals surface area contributed by atoms with Crippen LogP contribution in [-0.4, -0.2) is 20.9 Å². The number of aromatic nitrogens is 3. The van der Waals surface area contributed by atoms with Gasteiger partial charge in [0.2, 0.25) is 5.95 Å². The van der Waals surface area contributed by atoms with Crippen LogP contribution < -0.4 is 10.9 Å². The topological polar surface area (TPSA) is 79.8 Å². The molecule has 0 radical (unpaired) electrons. The Hall–Kier alpha value is -2.21. The van der Waals surface area contributed by atoms with Gasteiger partial charge in [-0.2, -0.15) is 0 Å². The minimum atomic E-state index is -0.412. The maximum atomic E-state index is 11.8. The normalized spacial score (nSPS) is 10.1. The molecule has 0 saturated heterocycles. The van der Waals surface area contributed by atoms with Crippen LogP contribution >= 0.6 is 11.6 Å². The molecule has 2 N–H and O–H groups in total. The summed E-state index contributed by atoms with van der Waals surface area (Å²) in [5.41, 5.74) is 6.93. The second-order valence-corrected chi connectivity index (χ2v) is 4.35. The van der Waals surface area contributed by atoms with Crippen molar-refractivity contribution in [3.8, 4) is 0 Å². The number of aryl methyl sites for hydroxylation is 2. The number of nitrogens with one attached hydrogen (secondary N) is 2. The highest BCUT2D eigenvalue weighted by Gasteiger charge is 2.08. The van der Waals surface area contributed by atoms with E-state index in [-0.39, 0.29) is 5.69 Å². The summed E-state index contributed by atoms with van der Waals surface area (Å²) in [7, 11) is 0. The SMILES string of the molecule is Cc1cc(C)nc(NNC(=O)c2cc(Cl)ccn2)n1. The highest BCUT2D eigenvalue weighted by atomic mass is 35.5. The molecule has 0 aromatic carbocycles. The van der Waals surface area contributed by atoms with E-state index in [4.69, 9.17) is 11.6 Å². The zero-order valence-electron chi connectivity index (χ0n) is 10.4. The second kappa shape index (κ2) is 5.62. The molecule has 0 saturated carbocycles. The quantitative estimate of drug-likeness (QED) is 0.838. The fourth-order valence-electron chi connectivity index (χ4n) is 1.49. The number of rotatable bonds is 3. The van der Waals surface area contributed by atoms with Gasteiger partial charge in [0.25, 0.3) is 5.91 Å². The van der Waals surface area contributed by atoms with Crippen molar-refractivity contribution >= 4 is 23.5 Å². The number of hydrogen-bond donors (Lipinski definition) is 2. The highest BCUT2D eigenvalue weighted by molar-refractivity contribution is 6.30. The number of carbonyl (C=O) groups is 1. The third-order valence-corrected chi connectivity index (χ3v) is 2.46. The molecule has 19 heavy (non-hydrogen) atoms. The molecule has 0 spiro atoms. The summed E-state index contributed by atoms with van der Waals surface area (Å²) in [6.07, 6.45) is 1.46. The first-order valence-electron chi connectivity index (χ1n) is 5.55. The van der Waals surface area contributed by atoms with Crippen molar-refractivity contribution in [3.05, 3.63) is 46.5 Å². The van der Waals surface area contributed by atoms with E-state index in [1.54, 1.807) is 6.07 Å². The minimum Gasteiger partial charge on any atom is -0.266 e. The first-order chi connectivity index (χ1) is 9.04. The Labute approximate surface area is 115 Å². The number of hydrazine groups is 1. The molecule has 0 atom stereocenters. The number of carbonyl (C=O) groups excluding carboxylic acids is 1. The highest BCUT2D eigenvalue weighted by Crippen LogP contribution is 2.08. The molecule has 0 aliphatic heterocycles. The van der Waals surface area contributed by atoms with Crippen LogP contribution in [0.5, 0.6) is 0 Å². The van der Waals surface area contributed by atoms with Crippen LogP contribution in [0.25, 0.3) is 0 Å². The van der Waals surface area contributed by atoms with Crippen molar-refractivity contribution in [3.63, 3.8) is 0 Å². The van der Waals surface area contributed by atoms with Gasteiger partial charge in [0.1, 0.15) is 5.69 Å². The smallest absolute Gasteiger partial charge is 0.266 e. The minimum absolute atomic E-state index is 0.212. The summed E-state index contributed by atoms with van der Waals surface area (Å²) in [5, 5.41) is 0.447. The Kier molecular flexibility index (Phi) is 3.91. The predicted molar refractivity (Wildman–Crippen MR) is 71.8 cm³/mol. The lowest BCUT2D eigenvalue weighted by molar-refractivity contribution is 0.0957. The van der Waals surface area contributed by atoms with Gasteiger partial charge in [-0.3, -0.25) is 20.6 Å². The average Bonchev–Trinajstić information content (AvgIpc) is 2.35. The van der Waals surface area contributed by atoms with Gasteiger partial charge in [0, 0.05) is 22.6 Å². The van der Waals surface area contributed by atoms with Gasteiger partial charge in [0.05, 0.1) is 0 Å². The molecule has 0 unspecified atom stereocenters. The maximum Gasteiger partial charge on any atom is 0.288 e. The number of halogens is 1. The Morgan fingerprint density at radius 3 is 2.53 bits per heavy atom. The van der Waals surface area contributed by atoms with Crippen LogP contribution in [0.1, 0.15) is 21.9 Å². The van der Waals surface area contributed by atoms with E-state index >= 15 is 0 Å². The number of hydrogen-bond acceptors (Lipinski definition) is 5. The molecule has 6 nitrogen and oxygen atoms in total. The van der Waals surface area contributed by atoms with Crippen molar-refractivity contribution in [2.45, 2.75) is 13.8 Å². The monoisotopic (exact) mass is 277 g/mol. The van der Waals surface area contributed by atoms with Crippen LogP contribution in [0.15, 0.2) is 24.4 Å². The number of amides is 1. The fraction of sp³-hybridized carbons (Fsp3) is 0.167. The predicted octanol–water partition coefficient (Wildman–Crippen LogP) is 1.90. The third-order valence-electron chi connectivity index (χ3n) is 2.22. The Morgan fingerprint density at radius 1 is 1.21 bits per heavy atom. The summed E-state index contributed by atoms with van der Waals surface area (Å²) >= 11 is 5.78. The summed E-state index contributed by atoms with van der Waals surface area (Å²) in [5.74, 6) is -0.0851. The Morgan fingerprint density at radius 2 is 1.89 bits per heavy atom. The third kappa shape index (κ3) is 3.62. The van der Waals surface area contributed by atoms with E-state index in [1.165, 1.54) is 12.3 Å². The Bertz CT molecular complexity index is 597. The van der Waals surface area contributed by atoms with Crippen LogP contribution in [0.4, 0.5) is 5.95 Å². The van der Waals surface area contributed by atoms with Gasteiger partial charge < -0.3 is 0 Å². The molecule has 7 heteroatoms. The zero-order chi connectivity index (χ0) is 13.8. The van der Waals surface area contributed by atoms with Gasteiger partial charge in [-0.1, -0.05) is 11.6 Å². The van der Waals surface area contributed by atoms with Crippen molar-refractivity contribution in [2.24, 2.45) is 0 Å². The molecular weight excluding hydrogens is 266 g/mol. The van der Waals surface area contributed by atoms with Crippen molar-refractivity contribution in [1.29, 1.82) is 0 Å². The van der Waals surface area contributed by atoms with Gasteiger partial charge >= 0.3 is 0 Å². The molecule has 2 aromatic rings. The Balaban J connectivity index is 2.04. The van der Waals surface area contributed by atoms with Crippen molar-refractivity contribution in [1.82, 2.24) is 20.4 Å². The van der Waals surface area contributed by atoms with Crippen LogP contribution in [0.3, 0.4) is 0 Å². The van der Waals surface area contributed by atoms with Crippen molar-refractivity contribution < 1.29 is 4.79 Å². The molecule has 2 aromatic heterocycles. The average molecular weight is 278 g/mol. The first kappa shape index (κ1) is 13.2. The van der Waals surface area contributed by atoms with Gasteiger partial charge in [0.15, 0.2) is 0 Å². The van der Waals surface area contributed by atoms with Gasteiger partial charge in [-0.05, 0) is 32.0 Å². The summed E-state index contributed by atoms with van der Waals surface area (Å²) in [6.45, 7) is 3.69. The molecule has 0 bridgehead atoms. The molecule has 0 fully saturated rings. The van der Waals surface area contributed by atoms with Gasteiger partial charge in [-0.25, -0.2) is 9.97 Å². The summed E-state index contributed by atoms with van der Waals surface area (Å²) in [6, 6.07) is 4.91. The second-order valence-electron chi connectivity index (χ2n) is 3.91. The van der Waals surface area contributed by atoms with Crippen molar-refractivity contribution in [2.75, 3.05) is 5.43 Å². The molecular formula is C12H12ClN5O. The van der Waals surface area contributed by atoms with E-state index in [9.17, 15) is 4.79 Å². The molecule has 98 valence electrons. The molecule has 0 aliphatic rings. The van der Waals surface area contributed by atoms with Crippen LogP contribution in [-0.2, 0) is 0 Å². The molecule has 2 heterocycles. The standard InChI is InChI=1S/C12H12ClN5O/c1-7-5-8(2)16-12(15-7)18-17-11(19)10-6-9(13)3-4-14-10/h3-6H,1-2H3,(H,17,19)(H,15,16,18). The number of nitrogens with zero attached hydrogens (tertiary/aromatic N) is 3. The largest absolute Gasteiger partial charge is 0.288 e. The van der Waals surface area contributed by atoms with E-state index in [0.29, 0.717) is 11.0 Å². The lowest BCUT2D eigenvalue weighted by atomic mass is 10.3. The maximum absolute atomic E-state index is 11.8. The van der Waals surface area contributed by atoms with E-state index in [0.717, 1.165) is 11.4 Å². The number of pyridine rings is 1. The van der Waals surface area contributed by atoms with E-state index < -0.39 is 5.91 Å². The van der Waals surface area contributed by atoms with Gasteiger partial charge in [-0.15, -0.1) is 0 Å². The summed E-state index contributed by atoms with van der Waals surface area (Å²) in [4.78, 5) is 24.0. The fourth-order valence-corrected chi connectivity index (χ4v) is 1.65. The lowest BCUT2D eigenvalue weighted by Gasteiger charge is -2.07. The lowest BCUT2D eigenvalue weighted by Crippen LogP contribution is -2.31. The molecule has 1 amide bonds. The molecule has 2 rings (SSSR count). The van der Waals surface area contributed by atoms with E-state index in [1.807, 2.05) is 19.9 Å². The number of anilines is 1. The van der Waals surface area contributed by atoms with Crippen LogP contribution in [0, 0.1) is 13.8 Å².